The first-order valence-corrected chi connectivity index (χ1v) is 6.41. The number of amides is 1. The molecule has 0 aliphatic heterocycles. The number of hydrogen-bond donors (Lipinski definition) is 4. The lowest BCUT2D eigenvalue weighted by Crippen LogP contribution is -2.43. The van der Waals surface area contributed by atoms with E-state index in [0.717, 1.165) is 25.7 Å². The van der Waals surface area contributed by atoms with Crippen LogP contribution < -0.4 is 5.32 Å². The highest BCUT2D eigenvalue weighted by Gasteiger charge is 2.34. The Bertz CT molecular complexity index is 221. The number of aliphatic hydroxyl groups excluding tert-OH is 2. The van der Waals surface area contributed by atoms with Gasteiger partial charge >= 0.3 is 0 Å². The number of rotatable bonds is 5. The largest absolute Gasteiger partial charge is 0.396 e. The van der Waals surface area contributed by atoms with Gasteiger partial charge in [-0.05, 0) is 31.4 Å². The van der Waals surface area contributed by atoms with Gasteiger partial charge in [0.05, 0.1) is 13.2 Å². The quantitative estimate of drug-likeness (QED) is 0.529. The highest BCUT2D eigenvalue weighted by atomic mass is 32.1. The molecule has 1 aliphatic carbocycles. The van der Waals surface area contributed by atoms with Crippen LogP contribution in [0.3, 0.4) is 0 Å². The van der Waals surface area contributed by atoms with Crippen LogP contribution in [0.25, 0.3) is 0 Å². The van der Waals surface area contributed by atoms with Crippen molar-refractivity contribution in [1.29, 1.82) is 0 Å². The summed E-state index contributed by atoms with van der Waals surface area (Å²) in [6.45, 7) is 0.0572. The van der Waals surface area contributed by atoms with Crippen molar-refractivity contribution in [3.8, 4) is 0 Å². The van der Waals surface area contributed by atoms with Crippen molar-refractivity contribution in [3.05, 3.63) is 0 Å². The average molecular weight is 247 g/mol. The van der Waals surface area contributed by atoms with Gasteiger partial charge in [-0.15, -0.1) is 0 Å². The van der Waals surface area contributed by atoms with E-state index in [9.17, 15) is 15.0 Å². The molecule has 3 N–H and O–H groups in total. The van der Waals surface area contributed by atoms with Crippen LogP contribution in [0.4, 0.5) is 0 Å². The molecule has 5 heteroatoms. The minimum Gasteiger partial charge on any atom is -0.396 e. The zero-order valence-corrected chi connectivity index (χ0v) is 10.4. The van der Waals surface area contributed by atoms with E-state index in [1.807, 2.05) is 0 Å². The molecule has 0 aromatic rings. The Morgan fingerprint density at radius 2 is 1.88 bits per heavy atom. The van der Waals surface area contributed by atoms with Crippen LogP contribution in [-0.2, 0) is 4.79 Å². The molecule has 1 saturated carbocycles. The summed E-state index contributed by atoms with van der Waals surface area (Å²) < 4.78 is 0. The predicted molar refractivity (Wildman–Crippen MR) is 65.5 cm³/mol. The van der Waals surface area contributed by atoms with Crippen LogP contribution in [0.5, 0.6) is 0 Å². The molecule has 0 aromatic carbocycles. The Hall–Kier alpha value is -0.260. The maximum atomic E-state index is 11.4. The van der Waals surface area contributed by atoms with Crippen LogP contribution in [0.2, 0.25) is 0 Å². The zero-order chi connectivity index (χ0) is 12.0. The molecule has 1 fully saturated rings. The van der Waals surface area contributed by atoms with Gasteiger partial charge in [0.15, 0.2) is 0 Å². The minimum atomic E-state index is -0.329. The molecule has 94 valence electrons. The molecule has 16 heavy (non-hydrogen) atoms. The van der Waals surface area contributed by atoms with E-state index in [-0.39, 0.29) is 30.6 Å². The number of carbonyl (C=O) groups excluding carboxylic acids is 1. The Labute approximate surface area is 102 Å². The third-order valence-corrected chi connectivity index (χ3v) is 3.64. The van der Waals surface area contributed by atoms with Crippen molar-refractivity contribution in [3.63, 3.8) is 0 Å². The van der Waals surface area contributed by atoms with Crippen LogP contribution in [-0.4, -0.2) is 41.1 Å². The van der Waals surface area contributed by atoms with Crippen LogP contribution in [0.1, 0.15) is 32.1 Å². The molecule has 1 aliphatic rings. The summed E-state index contributed by atoms with van der Waals surface area (Å²) >= 11 is 4.01. The standard InChI is InChI=1S/C11H21NO3S/c13-7-11(8-14)4-1-9(2-5-11)12-10(15)3-6-16/h9,13-14,16H,1-8H2,(H,12,15). The molecular weight excluding hydrogens is 226 g/mol. The summed E-state index contributed by atoms with van der Waals surface area (Å²) in [5.41, 5.74) is -0.329. The van der Waals surface area contributed by atoms with Gasteiger partial charge in [0.25, 0.3) is 0 Å². The lowest BCUT2D eigenvalue weighted by molar-refractivity contribution is -0.121. The lowest BCUT2D eigenvalue weighted by Gasteiger charge is -2.37. The van der Waals surface area contributed by atoms with Crippen molar-refractivity contribution in [2.45, 2.75) is 38.1 Å². The van der Waals surface area contributed by atoms with Crippen molar-refractivity contribution in [2.24, 2.45) is 5.41 Å². The Kier molecular flexibility index (Phi) is 5.58. The summed E-state index contributed by atoms with van der Waals surface area (Å²) in [6, 6.07) is 0.193. The number of aliphatic hydroxyl groups is 2. The summed E-state index contributed by atoms with van der Waals surface area (Å²) in [6.07, 6.45) is 3.65. The monoisotopic (exact) mass is 247 g/mol. The Morgan fingerprint density at radius 1 is 1.31 bits per heavy atom. The third-order valence-electron chi connectivity index (χ3n) is 3.42. The second-order valence-electron chi connectivity index (χ2n) is 4.63. The molecule has 0 atom stereocenters. The van der Waals surface area contributed by atoms with Gasteiger partial charge in [-0.1, -0.05) is 0 Å². The summed E-state index contributed by atoms with van der Waals surface area (Å²) in [7, 11) is 0. The predicted octanol–water partition coefficient (Wildman–Crippen LogP) is 0.336. The van der Waals surface area contributed by atoms with E-state index in [1.165, 1.54) is 0 Å². The van der Waals surface area contributed by atoms with Crippen molar-refractivity contribution >= 4 is 18.5 Å². The minimum absolute atomic E-state index is 0.0286. The summed E-state index contributed by atoms with van der Waals surface area (Å²) in [4.78, 5) is 11.4. The number of nitrogens with one attached hydrogen (secondary N) is 1. The van der Waals surface area contributed by atoms with Gasteiger partial charge < -0.3 is 15.5 Å². The normalized spacial score (nSPS) is 20.7. The fourth-order valence-electron chi connectivity index (χ4n) is 2.14. The van der Waals surface area contributed by atoms with Gasteiger partial charge in [0, 0.05) is 17.9 Å². The molecule has 0 spiro atoms. The van der Waals surface area contributed by atoms with Gasteiger partial charge in [0.1, 0.15) is 0 Å². The second kappa shape index (κ2) is 6.47. The molecule has 0 heterocycles. The second-order valence-corrected chi connectivity index (χ2v) is 5.08. The topological polar surface area (TPSA) is 69.6 Å². The van der Waals surface area contributed by atoms with E-state index in [4.69, 9.17) is 0 Å². The SMILES string of the molecule is O=C(CCS)NC1CCC(CO)(CO)CC1. The van der Waals surface area contributed by atoms with Crippen molar-refractivity contribution in [1.82, 2.24) is 5.32 Å². The van der Waals surface area contributed by atoms with E-state index in [0.29, 0.717) is 12.2 Å². The van der Waals surface area contributed by atoms with Gasteiger partial charge in [-0.2, -0.15) is 12.6 Å². The molecule has 1 rings (SSSR count). The van der Waals surface area contributed by atoms with Crippen molar-refractivity contribution in [2.75, 3.05) is 19.0 Å². The van der Waals surface area contributed by atoms with E-state index >= 15 is 0 Å². The smallest absolute Gasteiger partial charge is 0.221 e. The molecule has 0 unspecified atom stereocenters. The zero-order valence-electron chi connectivity index (χ0n) is 9.48. The first-order chi connectivity index (χ1) is 7.65. The fourth-order valence-corrected chi connectivity index (χ4v) is 2.35. The highest BCUT2D eigenvalue weighted by molar-refractivity contribution is 7.80. The number of hydrogen-bond acceptors (Lipinski definition) is 4. The van der Waals surface area contributed by atoms with Crippen LogP contribution in [0, 0.1) is 5.41 Å². The molecule has 0 aromatic heterocycles. The van der Waals surface area contributed by atoms with E-state index in [2.05, 4.69) is 17.9 Å². The molecule has 4 nitrogen and oxygen atoms in total. The molecule has 0 radical (unpaired) electrons. The lowest BCUT2D eigenvalue weighted by atomic mass is 9.73. The van der Waals surface area contributed by atoms with E-state index in [1.54, 1.807) is 0 Å². The maximum Gasteiger partial charge on any atom is 0.221 e. The third kappa shape index (κ3) is 3.64. The van der Waals surface area contributed by atoms with Gasteiger partial charge in [0.2, 0.25) is 5.91 Å². The van der Waals surface area contributed by atoms with E-state index < -0.39 is 0 Å². The Balaban J connectivity index is 2.34. The number of thiol groups is 1. The van der Waals surface area contributed by atoms with Gasteiger partial charge in [-0.3, -0.25) is 4.79 Å². The molecule has 0 bridgehead atoms. The molecule has 1 amide bonds. The first kappa shape index (κ1) is 13.8. The van der Waals surface area contributed by atoms with Gasteiger partial charge in [-0.25, -0.2) is 0 Å². The molecule has 0 saturated heterocycles. The van der Waals surface area contributed by atoms with Crippen molar-refractivity contribution < 1.29 is 15.0 Å². The average Bonchev–Trinajstić information content (AvgIpc) is 2.31. The summed E-state index contributed by atoms with van der Waals surface area (Å²) in [5.74, 6) is 0.607. The Morgan fingerprint density at radius 3 is 2.31 bits per heavy atom. The fraction of sp³-hybridized carbons (Fsp3) is 0.909. The number of carbonyl (C=O) groups is 1. The van der Waals surface area contributed by atoms with Crippen LogP contribution in [0.15, 0.2) is 0 Å². The highest BCUT2D eigenvalue weighted by Crippen LogP contribution is 2.35. The first-order valence-electron chi connectivity index (χ1n) is 5.78. The maximum absolute atomic E-state index is 11.4. The summed E-state index contributed by atoms with van der Waals surface area (Å²) in [5, 5.41) is 21.4. The molecular formula is C11H21NO3S. The van der Waals surface area contributed by atoms with Crippen LogP contribution >= 0.6 is 12.6 Å².